The molecule has 13 heteroatoms. The third-order valence-electron chi connectivity index (χ3n) is 4.41. The number of nitrogens with two attached hydrogens (primary N) is 2. The largest absolute Gasteiger partial charge is 0.481 e. The fraction of sp³-hybridized carbons (Fsp3) is 0.400. The summed E-state index contributed by atoms with van der Waals surface area (Å²) in [6, 6.07) is 2.89. The average Bonchev–Trinajstić information content (AvgIpc) is 2.72. The Balaban J connectivity index is 3.05. The van der Waals surface area contributed by atoms with Gasteiger partial charge in [0.1, 0.15) is 18.1 Å². The fourth-order valence-corrected chi connectivity index (χ4v) is 2.68. The van der Waals surface area contributed by atoms with Gasteiger partial charge in [0.15, 0.2) is 0 Å². The third-order valence-corrected chi connectivity index (χ3v) is 4.41. The number of primary amides is 1. The molecule has 0 aliphatic carbocycles. The zero-order valence-corrected chi connectivity index (χ0v) is 17.8. The first kappa shape index (κ1) is 27.0. The molecule has 33 heavy (non-hydrogen) atoms. The topological polar surface area (TPSA) is 231 Å². The van der Waals surface area contributed by atoms with Gasteiger partial charge in [0, 0.05) is 6.42 Å². The number of carbonyl (C=O) groups is 6. The van der Waals surface area contributed by atoms with E-state index in [-0.39, 0.29) is 6.42 Å². The molecule has 180 valence electrons. The van der Waals surface area contributed by atoms with E-state index < -0.39 is 72.6 Å². The van der Waals surface area contributed by atoms with Crippen molar-refractivity contribution < 1.29 is 39.0 Å². The van der Waals surface area contributed by atoms with E-state index in [4.69, 9.17) is 21.7 Å². The Morgan fingerprint density at radius 2 is 1.39 bits per heavy atom. The van der Waals surface area contributed by atoms with Crippen molar-refractivity contribution in [3.63, 3.8) is 0 Å². The highest BCUT2D eigenvalue weighted by atomic mass is 16.4. The van der Waals surface area contributed by atoms with Gasteiger partial charge >= 0.3 is 11.9 Å². The Labute approximate surface area is 188 Å². The molecule has 4 atom stereocenters. The Hall–Kier alpha value is -4.00. The molecule has 13 nitrogen and oxygen atoms in total. The molecule has 9 N–H and O–H groups in total. The molecule has 1 aromatic carbocycles. The standard InChI is InChI=1S/C20H27N5O8/c1-10(20(32)33)23-18(30)13(7-11-5-3-2-4-6-11)25-19(31)14(9-16(27)28)24-17(29)12(21)8-15(22)26/h2-6,10,12-14H,7-9,21H2,1H3,(H2,22,26)(H,23,30)(H,24,29)(H,25,31)(H,27,28)(H,32,33). The SMILES string of the molecule is CC(NC(=O)C(Cc1ccccc1)NC(=O)C(CC(=O)O)NC(=O)C(N)CC(N)=O)C(=O)O. The molecule has 4 unspecified atom stereocenters. The summed E-state index contributed by atoms with van der Waals surface area (Å²) in [5.74, 6) is -6.43. The van der Waals surface area contributed by atoms with E-state index in [2.05, 4.69) is 16.0 Å². The minimum absolute atomic E-state index is 0.0420. The summed E-state index contributed by atoms with van der Waals surface area (Å²) in [5, 5.41) is 24.8. The summed E-state index contributed by atoms with van der Waals surface area (Å²) in [6.45, 7) is 1.23. The molecule has 1 aromatic rings. The molecule has 1 rings (SSSR count). The van der Waals surface area contributed by atoms with E-state index in [0.29, 0.717) is 5.56 Å². The van der Waals surface area contributed by atoms with Crippen LogP contribution in [0.2, 0.25) is 0 Å². The molecule has 0 aliphatic rings. The van der Waals surface area contributed by atoms with Crippen LogP contribution in [-0.2, 0) is 35.2 Å². The van der Waals surface area contributed by atoms with Crippen molar-refractivity contribution in [3.05, 3.63) is 35.9 Å². The molecule has 0 aromatic heterocycles. The number of rotatable bonds is 13. The van der Waals surface area contributed by atoms with Crippen molar-refractivity contribution in [2.24, 2.45) is 11.5 Å². The number of carbonyl (C=O) groups excluding carboxylic acids is 4. The monoisotopic (exact) mass is 465 g/mol. The van der Waals surface area contributed by atoms with Crippen LogP contribution in [0.5, 0.6) is 0 Å². The number of carboxylic acids is 2. The van der Waals surface area contributed by atoms with E-state index >= 15 is 0 Å². The minimum Gasteiger partial charge on any atom is -0.481 e. The van der Waals surface area contributed by atoms with Gasteiger partial charge < -0.3 is 37.6 Å². The van der Waals surface area contributed by atoms with Crippen molar-refractivity contribution in [1.29, 1.82) is 0 Å². The number of amides is 4. The summed E-state index contributed by atoms with van der Waals surface area (Å²) in [7, 11) is 0. The molecule has 0 spiro atoms. The van der Waals surface area contributed by atoms with Gasteiger partial charge in [-0.25, -0.2) is 0 Å². The lowest BCUT2D eigenvalue weighted by atomic mass is 10.0. The normalized spacial score (nSPS) is 14.1. The minimum atomic E-state index is -1.63. The molecular formula is C20H27N5O8. The van der Waals surface area contributed by atoms with Crippen LogP contribution in [0.3, 0.4) is 0 Å². The van der Waals surface area contributed by atoms with Gasteiger partial charge in [0.25, 0.3) is 0 Å². The molecule has 0 radical (unpaired) electrons. The van der Waals surface area contributed by atoms with Crippen LogP contribution in [-0.4, -0.2) is 69.9 Å². The molecule has 4 amide bonds. The highest BCUT2D eigenvalue weighted by Crippen LogP contribution is 2.06. The average molecular weight is 465 g/mol. The lowest BCUT2D eigenvalue weighted by molar-refractivity contribution is -0.143. The second-order valence-electron chi connectivity index (χ2n) is 7.26. The summed E-state index contributed by atoms with van der Waals surface area (Å²) in [6.07, 6.45) is -1.41. The van der Waals surface area contributed by atoms with Gasteiger partial charge in [0.05, 0.1) is 18.9 Å². The molecule has 0 heterocycles. The first-order valence-electron chi connectivity index (χ1n) is 9.84. The smallest absolute Gasteiger partial charge is 0.325 e. The van der Waals surface area contributed by atoms with Gasteiger partial charge in [-0.2, -0.15) is 0 Å². The van der Waals surface area contributed by atoms with Crippen LogP contribution in [0.4, 0.5) is 0 Å². The van der Waals surface area contributed by atoms with E-state index in [1.165, 1.54) is 6.92 Å². The second-order valence-corrected chi connectivity index (χ2v) is 7.26. The predicted molar refractivity (Wildman–Crippen MR) is 113 cm³/mol. The Bertz CT molecular complexity index is 892. The molecular weight excluding hydrogens is 438 g/mol. The Morgan fingerprint density at radius 1 is 0.848 bits per heavy atom. The Morgan fingerprint density at radius 3 is 1.91 bits per heavy atom. The van der Waals surface area contributed by atoms with E-state index in [1.807, 2.05) is 0 Å². The number of hydrogen-bond donors (Lipinski definition) is 7. The molecule has 0 saturated heterocycles. The zero-order valence-electron chi connectivity index (χ0n) is 17.8. The first-order chi connectivity index (χ1) is 15.4. The molecule has 0 fully saturated rings. The molecule has 0 aliphatic heterocycles. The van der Waals surface area contributed by atoms with E-state index in [0.717, 1.165) is 0 Å². The first-order valence-corrected chi connectivity index (χ1v) is 9.84. The van der Waals surface area contributed by atoms with Crippen LogP contribution in [0.25, 0.3) is 0 Å². The number of benzene rings is 1. The zero-order chi connectivity index (χ0) is 25.1. The molecule has 0 bridgehead atoms. The highest BCUT2D eigenvalue weighted by molar-refractivity contribution is 5.96. The number of nitrogens with one attached hydrogen (secondary N) is 3. The highest BCUT2D eigenvalue weighted by Gasteiger charge is 2.31. The van der Waals surface area contributed by atoms with Crippen LogP contribution >= 0.6 is 0 Å². The van der Waals surface area contributed by atoms with Crippen LogP contribution < -0.4 is 27.4 Å². The van der Waals surface area contributed by atoms with E-state index in [1.54, 1.807) is 30.3 Å². The van der Waals surface area contributed by atoms with Gasteiger partial charge in [-0.1, -0.05) is 30.3 Å². The predicted octanol–water partition coefficient (Wildman–Crippen LogP) is -2.53. The van der Waals surface area contributed by atoms with Crippen molar-refractivity contribution in [2.45, 2.75) is 50.4 Å². The lowest BCUT2D eigenvalue weighted by Gasteiger charge is -2.24. The number of carboxylic acid groups (broad SMARTS) is 2. The van der Waals surface area contributed by atoms with Crippen LogP contribution in [0.15, 0.2) is 30.3 Å². The van der Waals surface area contributed by atoms with Crippen LogP contribution in [0, 0.1) is 0 Å². The van der Waals surface area contributed by atoms with Crippen LogP contribution in [0.1, 0.15) is 25.3 Å². The summed E-state index contributed by atoms with van der Waals surface area (Å²) in [4.78, 5) is 70.7. The lowest BCUT2D eigenvalue weighted by Crippen LogP contribution is -2.58. The quantitative estimate of drug-likeness (QED) is 0.162. The van der Waals surface area contributed by atoms with Crippen molar-refractivity contribution in [3.8, 4) is 0 Å². The molecule has 0 saturated carbocycles. The van der Waals surface area contributed by atoms with Gasteiger partial charge in [-0.3, -0.25) is 28.8 Å². The van der Waals surface area contributed by atoms with Crippen molar-refractivity contribution in [1.82, 2.24) is 16.0 Å². The second kappa shape index (κ2) is 12.8. The number of hydrogen-bond acceptors (Lipinski definition) is 7. The maximum absolute atomic E-state index is 12.8. The number of aliphatic carboxylic acids is 2. The third kappa shape index (κ3) is 9.78. The summed E-state index contributed by atoms with van der Waals surface area (Å²) in [5.41, 5.74) is 11.1. The summed E-state index contributed by atoms with van der Waals surface area (Å²) < 4.78 is 0. The van der Waals surface area contributed by atoms with E-state index in [9.17, 15) is 28.8 Å². The maximum Gasteiger partial charge on any atom is 0.325 e. The van der Waals surface area contributed by atoms with Crippen molar-refractivity contribution >= 4 is 35.6 Å². The Kier molecular flexibility index (Phi) is 10.5. The maximum atomic E-state index is 12.8. The van der Waals surface area contributed by atoms with Crippen molar-refractivity contribution in [2.75, 3.05) is 0 Å². The summed E-state index contributed by atoms with van der Waals surface area (Å²) >= 11 is 0. The fourth-order valence-electron chi connectivity index (χ4n) is 2.68. The van der Waals surface area contributed by atoms with Gasteiger partial charge in [-0.15, -0.1) is 0 Å². The van der Waals surface area contributed by atoms with Gasteiger partial charge in [0.2, 0.25) is 23.6 Å². The van der Waals surface area contributed by atoms with Gasteiger partial charge in [-0.05, 0) is 12.5 Å².